The molecule has 0 radical (unpaired) electrons. The second kappa shape index (κ2) is 6.76. The first-order valence-corrected chi connectivity index (χ1v) is 8.02. The fourth-order valence-electron chi connectivity index (χ4n) is 2.89. The molecule has 0 unspecified atom stereocenters. The molecule has 7 nitrogen and oxygen atoms in total. The number of hydrogen-bond donors (Lipinski definition) is 1. The predicted octanol–water partition coefficient (Wildman–Crippen LogP) is 0.948. The summed E-state index contributed by atoms with van der Waals surface area (Å²) in [4.78, 5) is 25.4. The van der Waals surface area contributed by atoms with Crippen molar-refractivity contribution in [2.24, 2.45) is 0 Å². The van der Waals surface area contributed by atoms with E-state index in [9.17, 15) is 9.59 Å². The molecular weight excluding hydrogens is 294 g/mol. The molecule has 2 amide bonds. The lowest BCUT2D eigenvalue weighted by atomic mass is 10.2. The summed E-state index contributed by atoms with van der Waals surface area (Å²) in [6.07, 6.45) is 2.16. The van der Waals surface area contributed by atoms with E-state index in [1.807, 2.05) is 28.9 Å². The maximum absolute atomic E-state index is 12.1. The zero-order valence-electron chi connectivity index (χ0n) is 13.2. The first-order valence-electron chi connectivity index (χ1n) is 8.02. The second-order valence-electron chi connectivity index (χ2n) is 5.81. The summed E-state index contributed by atoms with van der Waals surface area (Å²) in [5.74, 6) is -0.0227. The Kier molecular flexibility index (Phi) is 4.55. The van der Waals surface area contributed by atoms with Crippen LogP contribution in [0, 0.1) is 0 Å². The fraction of sp³-hybridized carbons (Fsp3) is 0.500. The van der Waals surface area contributed by atoms with Crippen LogP contribution in [0.5, 0.6) is 0 Å². The average molecular weight is 315 g/mol. The van der Waals surface area contributed by atoms with Crippen molar-refractivity contribution in [3.63, 3.8) is 0 Å². The van der Waals surface area contributed by atoms with Crippen molar-refractivity contribution in [2.75, 3.05) is 13.1 Å². The van der Waals surface area contributed by atoms with Gasteiger partial charge in [-0.05, 0) is 31.9 Å². The number of amides is 2. The molecule has 1 fully saturated rings. The summed E-state index contributed by atoms with van der Waals surface area (Å²) < 4.78 is 1.84. The minimum atomic E-state index is -0.391. The molecule has 1 aromatic carbocycles. The van der Waals surface area contributed by atoms with Crippen LogP contribution in [-0.4, -0.2) is 50.8 Å². The van der Waals surface area contributed by atoms with Crippen LogP contribution in [0.2, 0.25) is 0 Å². The molecule has 1 N–H and O–H groups in total. The lowest BCUT2D eigenvalue weighted by molar-refractivity contribution is -0.136. The number of para-hydroxylation sites is 1. The Bertz CT molecular complexity index is 711. The molecular formula is C16H21N5O2. The number of hydrogen-bond acceptors (Lipinski definition) is 4. The molecule has 23 heavy (non-hydrogen) atoms. The number of carbonyl (C=O) groups excluding carboxylic acids is 2. The van der Waals surface area contributed by atoms with Crippen molar-refractivity contribution in [3.05, 3.63) is 24.3 Å². The molecule has 1 aromatic heterocycles. The lowest BCUT2D eigenvalue weighted by Crippen LogP contribution is -2.45. The number of aryl methyl sites for hydroxylation is 1. The summed E-state index contributed by atoms with van der Waals surface area (Å²) in [5, 5.41) is 11.1. The zero-order valence-corrected chi connectivity index (χ0v) is 13.2. The van der Waals surface area contributed by atoms with Gasteiger partial charge in [-0.1, -0.05) is 17.3 Å². The van der Waals surface area contributed by atoms with Gasteiger partial charge in [0, 0.05) is 26.1 Å². The first kappa shape index (κ1) is 15.5. The Morgan fingerprint density at radius 3 is 3.00 bits per heavy atom. The van der Waals surface area contributed by atoms with Crippen LogP contribution in [0.4, 0.5) is 0 Å². The van der Waals surface area contributed by atoms with Gasteiger partial charge in [0.2, 0.25) is 11.8 Å². The van der Waals surface area contributed by atoms with Crippen molar-refractivity contribution >= 4 is 22.8 Å². The van der Waals surface area contributed by atoms with Crippen LogP contribution < -0.4 is 5.32 Å². The van der Waals surface area contributed by atoms with E-state index in [0.717, 1.165) is 23.9 Å². The van der Waals surface area contributed by atoms with E-state index in [1.54, 1.807) is 11.8 Å². The summed E-state index contributed by atoms with van der Waals surface area (Å²) in [6.45, 7) is 3.71. The van der Waals surface area contributed by atoms with Crippen molar-refractivity contribution in [2.45, 2.75) is 38.8 Å². The first-order chi connectivity index (χ1) is 11.2. The molecule has 0 aliphatic carbocycles. The Hall–Kier alpha value is -2.44. The van der Waals surface area contributed by atoms with Crippen LogP contribution in [0.1, 0.15) is 26.2 Å². The number of aromatic nitrogens is 3. The van der Waals surface area contributed by atoms with Crippen molar-refractivity contribution in [1.82, 2.24) is 25.2 Å². The minimum absolute atomic E-state index is 0.0711. The molecule has 122 valence electrons. The molecule has 7 heteroatoms. The maximum atomic E-state index is 12.1. The summed E-state index contributed by atoms with van der Waals surface area (Å²) in [5.41, 5.74) is 1.87. The normalized spacial score (nSPS) is 16.0. The van der Waals surface area contributed by atoms with E-state index >= 15 is 0 Å². The van der Waals surface area contributed by atoms with Gasteiger partial charge in [0.1, 0.15) is 11.6 Å². The topological polar surface area (TPSA) is 80.1 Å². The molecule has 2 aromatic rings. The van der Waals surface area contributed by atoms with Gasteiger partial charge in [-0.25, -0.2) is 4.68 Å². The number of fused-ring (bicyclic) bond motifs is 1. The molecule has 0 bridgehead atoms. The van der Waals surface area contributed by atoms with Gasteiger partial charge < -0.3 is 10.2 Å². The molecule has 0 spiro atoms. The van der Waals surface area contributed by atoms with Crippen LogP contribution in [0.25, 0.3) is 11.0 Å². The molecule has 1 saturated heterocycles. The van der Waals surface area contributed by atoms with Crippen LogP contribution >= 0.6 is 0 Å². The van der Waals surface area contributed by atoms with E-state index in [-0.39, 0.29) is 11.8 Å². The third-order valence-corrected chi connectivity index (χ3v) is 4.22. The number of benzene rings is 1. The second-order valence-corrected chi connectivity index (χ2v) is 5.81. The average Bonchev–Trinajstić information content (AvgIpc) is 3.17. The minimum Gasteiger partial charge on any atom is -0.354 e. The number of nitrogens with zero attached hydrogens (tertiary/aromatic N) is 4. The Balaban J connectivity index is 1.46. The largest absolute Gasteiger partial charge is 0.354 e. The number of carbonyl (C=O) groups is 2. The zero-order chi connectivity index (χ0) is 16.2. The highest BCUT2D eigenvalue weighted by Crippen LogP contribution is 2.13. The SMILES string of the molecule is C[C@@H](C(=O)NCCCn1nnc2ccccc21)N1CCCC1=O. The number of likely N-dealkylation sites (tertiary alicyclic amines) is 1. The van der Waals surface area contributed by atoms with Gasteiger partial charge in [0.05, 0.1) is 5.52 Å². The van der Waals surface area contributed by atoms with E-state index in [2.05, 4.69) is 15.6 Å². The molecule has 3 rings (SSSR count). The smallest absolute Gasteiger partial charge is 0.242 e. The lowest BCUT2D eigenvalue weighted by Gasteiger charge is -2.23. The summed E-state index contributed by atoms with van der Waals surface area (Å²) in [6, 6.07) is 7.41. The summed E-state index contributed by atoms with van der Waals surface area (Å²) >= 11 is 0. The molecule has 1 aliphatic rings. The highest BCUT2D eigenvalue weighted by molar-refractivity contribution is 5.88. The quantitative estimate of drug-likeness (QED) is 0.805. The van der Waals surface area contributed by atoms with Crippen molar-refractivity contribution in [3.8, 4) is 0 Å². The Labute approximate surface area is 134 Å². The molecule has 2 heterocycles. The summed E-state index contributed by atoms with van der Waals surface area (Å²) in [7, 11) is 0. The number of nitrogens with one attached hydrogen (secondary N) is 1. The van der Waals surface area contributed by atoms with E-state index < -0.39 is 6.04 Å². The molecule has 1 aliphatic heterocycles. The van der Waals surface area contributed by atoms with Gasteiger partial charge >= 0.3 is 0 Å². The Morgan fingerprint density at radius 1 is 1.39 bits per heavy atom. The molecule has 1 atom stereocenters. The van der Waals surface area contributed by atoms with Crippen molar-refractivity contribution in [1.29, 1.82) is 0 Å². The van der Waals surface area contributed by atoms with E-state index in [4.69, 9.17) is 0 Å². The fourth-order valence-corrected chi connectivity index (χ4v) is 2.89. The highest BCUT2D eigenvalue weighted by Gasteiger charge is 2.28. The van der Waals surface area contributed by atoms with Crippen LogP contribution in [0.15, 0.2) is 24.3 Å². The molecule has 0 saturated carbocycles. The Morgan fingerprint density at radius 2 is 2.22 bits per heavy atom. The third-order valence-electron chi connectivity index (χ3n) is 4.22. The predicted molar refractivity (Wildman–Crippen MR) is 85.6 cm³/mol. The van der Waals surface area contributed by atoms with Gasteiger partial charge in [-0.3, -0.25) is 9.59 Å². The highest BCUT2D eigenvalue weighted by atomic mass is 16.2. The van der Waals surface area contributed by atoms with Crippen LogP contribution in [0.3, 0.4) is 0 Å². The number of rotatable bonds is 6. The van der Waals surface area contributed by atoms with Crippen LogP contribution in [-0.2, 0) is 16.1 Å². The third kappa shape index (κ3) is 3.33. The van der Waals surface area contributed by atoms with E-state index in [0.29, 0.717) is 26.1 Å². The van der Waals surface area contributed by atoms with Gasteiger partial charge in [0.25, 0.3) is 0 Å². The maximum Gasteiger partial charge on any atom is 0.242 e. The van der Waals surface area contributed by atoms with Gasteiger partial charge in [0.15, 0.2) is 0 Å². The standard InChI is InChI=1S/C16H21N5O2/c1-12(20-10-4-8-15(20)22)16(23)17-9-5-11-21-14-7-3-2-6-13(14)18-19-21/h2-3,6-7,12H,4-5,8-11H2,1H3,(H,17,23)/t12-/m0/s1. The van der Waals surface area contributed by atoms with Gasteiger partial charge in [-0.15, -0.1) is 5.10 Å². The van der Waals surface area contributed by atoms with Gasteiger partial charge in [-0.2, -0.15) is 0 Å². The monoisotopic (exact) mass is 315 g/mol. The van der Waals surface area contributed by atoms with Crippen molar-refractivity contribution < 1.29 is 9.59 Å². The van der Waals surface area contributed by atoms with E-state index in [1.165, 1.54) is 0 Å².